The van der Waals surface area contributed by atoms with Crippen LogP contribution in [-0.4, -0.2) is 44.9 Å². The van der Waals surface area contributed by atoms with Crippen LogP contribution in [0.15, 0.2) is 29.2 Å². The third kappa shape index (κ3) is 3.93. The first-order valence-electron chi connectivity index (χ1n) is 5.54. The van der Waals surface area contributed by atoms with E-state index in [0.29, 0.717) is 5.75 Å². The Morgan fingerprint density at radius 2 is 2.11 bits per heavy atom. The monoisotopic (exact) mass is 287 g/mol. The van der Waals surface area contributed by atoms with Gasteiger partial charge in [-0.1, -0.05) is 6.07 Å². The van der Waals surface area contributed by atoms with Gasteiger partial charge in [0.05, 0.1) is 4.90 Å². The van der Waals surface area contributed by atoms with Crippen LogP contribution in [0.25, 0.3) is 0 Å². The summed E-state index contributed by atoms with van der Waals surface area (Å²) in [5, 5.41) is 11.7. The molecule has 6 nitrogen and oxygen atoms in total. The van der Waals surface area contributed by atoms with Crippen LogP contribution in [-0.2, 0) is 14.6 Å². The Kier molecular flexibility index (Phi) is 4.54. The van der Waals surface area contributed by atoms with Gasteiger partial charge in [-0.05, 0) is 32.2 Å². The molecule has 1 rings (SSSR count). The van der Waals surface area contributed by atoms with E-state index >= 15 is 0 Å². The summed E-state index contributed by atoms with van der Waals surface area (Å²) in [6.45, 7) is 1.36. The van der Waals surface area contributed by atoms with E-state index in [9.17, 15) is 13.2 Å². The van der Waals surface area contributed by atoms with Crippen molar-refractivity contribution < 1.29 is 23.1 Å². The maximum Gasteiger partial charge on any atom is 0.327 e. The number of hydrogen-bond donors (Lipinski definition) is 2. The minimum Gasteiger partial charge on any atom is -0.491 e. The molecule has 7 heteroatoms. The summed E-state index contributed by atoms with van der Waals surface area (Å²) in [7, 11) is -1.79. The first kappa shape index (κ1) is 15.5. The zero-order valence-corrected chi connectivity index (χ0v) is 11.8. The number of likely N-dealkylation sites (N-methyl/N-ethyl adjacent to an activating group) is 1. The predicted molar refractivity (Wildman–Crippen MR) is 70.1 cm³/mol. The molecule has 0 bridgehead atoms. The van der Waals surface area contributed by atoms with Crippen molar-refractivity contribution >= 4 is 15.8 Å². The second-order valence-corrected chi connectivity index (χ2v) is 6.44. The third-order valence-electron chi connectivity index (χ3n) is 2.78. The quantitative estimate of drug-likeness (QED) is 0.793. The van der Waals surface area contributed by atoms with Gasteiger partial charge in [0, 0.05) is 6.26 Å². The molecule has 0 aliphatic carbocycles. The normalized spacial score (nSPS) is 14.7. The number of sulfone groups is 1. The van der Waals surface area contributed by atoms with Crippen LogP contribution in [0.5, 0.6) is 5.75 Å². The summed E-state index contributed by atoms with van der Waals surface area (Å²) in [6.07, 6.45) is 1.10. The second-order valence-electron chi connectivity index (χ2n) is 4.42. The Bertz CT molecular complexity index is 569. The molecule has 0 spiro atoms. The molecule has 1 unspecified atom stereocenters. The molecule has 1 atom stereocenters. The van der Waals surface area contributed by atoms with Crippen LogP contribution >= 0.6 is 0 Å². The fourth-order valence-corrected chi connectivity index (χ4v) is 1.92. The van der Waals surface area contributed by atoms with Crippen molar-refractivity contribution in [2.45, 2.75) is 17.4 Å². The lowest BCUT2D eigenvalue weighted by Gasteiger charge is -2.24. The van der Waals surface area contributed by atoms with E-state index in [4.69, 9.17) is 9.84 Å². The molecule has 1 aromatic rings. The number of nitrogens with one attached hydrogen (secondary N) is 1. The first-order valence-corrected chi connectivity index (χ1v) is 7.43. The highest BCUT2D eigenvalue weighted by Crippen LogP contribution is 2.18. The fraction of sp³-hybridized carbons (Fsp3) is 0.417. The van der Waals surface area contributed by atoms with Gasteiger partial charge in [-0.25, -0.2) is 8.42 Å². The Balaban J connectivity index is 2.87. The van der Waals surface area contributed by atoms with Crippen molar-refractivity contribution in [2.75, 3.05) is 19.9 Å². The summed E-state index contributed by atoms with van der Waals surface area (Å²) in [4.78, 5) is 11.2. The Labute approximate surface area is 112 Å². The smallest absolute Gasteiger partial charge is 0.327 e. The van der Waals surface area contributed by atoms with Gasteiger partial charge in [-0.3, -0.25) is 4.79 Å². The van der Waals surface area contributed by atoms with Crippen LogP contribution in [0.2, 0.25) is 0 Å². The SMILES string of the molecule is CNC(C)(COc1cccc(S(C)(=O)=O)c1)C(=O)O. The largest absolute Gasteiger partial charge is 0.491 e. The highest BCUT2D eigenvalue weighted by molar-refractivity contribution is 7.90. The molecule has 2 N–H and O–H groups in total. The lowest BCUT2D eigenvalue weighted by Crippen LogP contribution is -2.52. The zero-order valence-electron chi connectivity index (χ0n) is 11.0. The molecular weight excluding hydrogens is 270 g/mol. The van der Waals surface area contributed by atoms with Crippen molar-refractivity contribution in [1.82, 2.24) is 5.32 Å². The van der Waals surface area contributed by atoms with Gasteiger partial charge in [-0.15, -0.1) is 0 Å². The molecule has 0 aliphatic rings. The van der Waals surface area contributed by atoms with Crippen LogP contribution in [0.1, 0.15) is 6.92 Å². The van der Waals surface area contributed by atoms with Gasteiger partial charge in [0.25, 0.3) is 0 Å². The van der Waals surface area contributed by atoms with E-state index < -0.39 is 21.3 Å². The number of carboxylic acids is 1. The Morgan fingerprint density at radius 3 is 2.58 bits per heavy atom. The molecule has 0 radical (unpaired) electrons. The van der Waals surface area contributed by atoms with Gasteiger partial charge >= 0.3 is 5.97 Å². The molecule has 0 saturated carbocycles. The minimum absolute atomic E-state index is 0.119. The Morgan fingerprint density at radius 1 is 1.47 bits per heavy atom. The van der Waals surface area contributed by atoms with Gasteiger partial charge < -0.3 is 15.2 Å². The first-order chi connectivity index (χ1) is 8.69. The molecule has 0 fully saturated rings. The van der Waals surface area contributed by atoms with Crippen molar-refractivity contribution in [2.24, 2.45) is 0 Å². The molecule has 106 valence electrons. The molecule has 19 heavy (non-hydrogen) atoms. The van der Waals surface area contributed by atoms with E-state index in [1.807, 2.05) is 0 Å². The van der Waals surface area contributed by atoms with E-state index in [-0.39, 0.29) is 11.5 Å². The van der Waals surface area contributed by atoms with Gasteiger partial charge in [0.2, 0.25) is 0 Å². The molecule has 0 heterocycles. The molecule has 1 aromatic carbocycles. The average Bonchev–Trinajstić information content (AvgIpc) is 2.35. The van der Waals surface area contributed by atoms with Gasteiger partial charge in [0.1, 0.15) is 17.9 Å². The van der Waals surface area contributed by atoms with Crippen molar-refractivity contribution in [3.63, 3.8) is 0 Å². The van der Waals surface area contributed by atoms with Crippen molar-refractivity contribution in [3.8, 4) is 5.75 Å². The van der Waals surface area contributed by atoms with Gasteiger partial charge in [0.15, 0.2) is 9.84 Å². The topological polar surface area (TPSA) is 92.7 Å². The van der Waals surface area contributed by atoms with Crippen molar-refractivity contribution in [3.05, 3.63) is 24.3 Å². The van der Waals surface area contributed by atoms with Crippen molar-refractivity contribution in [1.29, 1.82) is 0 Å². The maximum atomic E-state index is 11.4. The summed E-state index contributed by atoms with van der Waals surface area (Å²) in [6, 6.07) is 5.94. The highest BCUT2D eigenvalue weighted by Gasteiger charge is 2.32. The lowest BCUT2D eigenvalue weighted by molar-refractivity contribution is -0.145. The minimum atomic E-state index is -3.31. The highest BCUT2D eigenvalue weighted by atomic mass is 32.2. The number of benzene rings is 1. The number of rotatable bonds is 6. The zero-order chi connectivity index (χ0) is 14.7. The second kappa shape index (κ2) is 5.58. The van der Waals surface area contributed by atoms with E-state index in [0.717, 1.165) is 6.26 Å². The maximum absolute atomic E-state index is 11.4. The van der Waals surface area contributed by atoms with Gasteiger partial charge in [-0.2, -0.15) is 0 Å². The Hall–Kier alpha value is -1.60. The number of carboxylic acid groups (broad SMARTS) is 1. The van der Waals surface area contributed by atoms with Crippen LogP contribution in [0, 0.1) is 0 Å². The molecule has 0 amide bonds. The van der Waals surface area contributed by atoms with Crippen LogP contribution < -0.4 is 10.1 Å². The summed E-state index contributed by atoms with van der Waals surface area (Å²) in [5.41, 5.74) is -1.24. The fourth-order valence-electron chi connectivity index (χ4n) is 1.26. The average molecular weight is 287 g/mol. The molecule has 0 aromatic heterocycles. The summed E-state index contributed by atoms with van der Waals surface area (Å²) >= 11 is 0. The van der Waals surface area contributed by atoms with E-state index in [1.165, 1.54) is 26.1 Å². The lowest BCUT2D eigenvalue weighted by atomic mass is 10.1. The molecule has 0 saturated heterocycles. The third-order valence-corrected chi connectivity index (χ3v) is 3.90. The van der Waals surface area contributed by atoms with E-state index in [1.54, 1.807) is 12.1 Å². The predicted octanol–water partition coefficient (Wildman–Crippen LogP) is 0.532. The van der Waals surface area contributed by atoms with E-state index in [2.05, 4.69) is 5.32 Å². The molecular formula is C12H17NO5S. The summed E-state index contributed by atoms with van der Waals surface area (Å²) in [5.74, 6) is -0.736. The molecule has 0 aliphatic heterocycles. The number of aliphatic carboxylic acids is 1. The summed E-state index contributed by atoms with van der Waals surface area (Å²) < 4.78 is 28.1. The van der Waals surface area contributed by atoms with Crippen LogP contribution in [0.3, 0.4) is 0 Å². The number of carbonyl (C=O) groups is 1. The van der Waals surface area contributed by atoms with Crippen LogP contribution in [0.4, 0.5) is 0 Å². The standard InChI is InChI=1S/C12H17NO5S/c1-12(13-2,11(14)15)8-18-9-5-4-6-10(7-9)19(3,16)17/h4-7,13H,8H2,1-3H3,(H,14,15). The number of ether oxygens (including phenoxy) is 1. The number of hydrogen-bond acceptors (Lipinski definition) is 5.